The van der Waals surface area contributed by atoms with Crippen LogP contribution in [0.15, 0.2) is 93.4 Å². The predicted octanol–water partition coefficient (Wildman–Crippen LogP) is 4.24. The minimum Gasteiger partial charge on any atom is -0.457 e. The number of ether oxygens (including phenoxy) is 1. The van der Waals surface area contributed by atoms with Gasteiger partial charge in [-0.15, -0.1) is 0 Å². The van der Waals surface area contributed by atoms with Crippen LogP contribution in [0.2, 0.25) is 0 Å². The molecule has 238 valence electrons. The highest BCUT2D eigenvalue weighted by Gasteiger charge is 2.36. The molecular weight excluding hydrogens is 658 g/mol. The van der Waals surface area contributed by atoms with Crippen LogP contribution < -0.4 is 10.9 Å². The average Bonchev–Trinajstić information content (AvgIpc) is 3.01. The molecule has 4 aromatic carbocycles. The summed E-state index contributed by atoms with van der Waals surface area (Å²) in [5.41, 5.74) is -3.54. The number of aromatic amines is 1. The zero-order valence-electron chi connectivity index (χ0n) is 23.5. The Hall–Kier alpha value is -5.75. The van der Waals surface area contributed by atoms with Gasteiger partial charge >= 0.3 is 5.97 Å². The maximum absolute atomic E-state index is 14.0. The minimum absolute atomic E-state index is 0.0228. The number of nitrogens with zero attached hydrogens (tertiary/aromatic N) is 1. The lowest BCUT2D eigenvalue weighted by Crippen LogP contribution is -2.25. The number of hydrogen-bond acceptors (Lipinski definition) is 11. The van der Waals surface area contributed by atoms with Gasteiger partial charge in [0, 0.05) is 28.6 Å². The van der Waals surface area contributed by atoms with Gasteiger partial charge in [0.15, 0.2) is 5.78 Å². The molecule has 15 nitrogen and oxygen atoms in total. The van der Waals surface area contributed by atoms with Crippen molar-refractivity contribution in [1.29, 1.82) is 0 Å². The van der Waals surface area contributed by atoms with E-state index in [2.05, 4.69) is 10.3 Å². The number of nitro benzene ring substituents is 1. The second-order valence-corrected chi connectivity index (χ2v) is 13.0. The normalized spacial score (nSPS) is 12.4. The Balaban J connectivity index is 1.64. The molecule has 1 aliphatic rings. The third-order valence-electron chi connectivity index (χ3n) is 7.33. The number of non-ortho nitro benzene ring substituents is 1. The summed E-state index contributed by atoms with van der Waals surface area (Å²) in [5, 5.41) is 13.5. The molecule has 0 unspecified atom stereocenters. The molecule has 0 saturated heterocycles. The first-order chi connectivity index (χ1) is 22.2. The van der Waals surface area contributed by atoms with Crippen LogP contribution in [0.5, 0.6) is 0 Å². The quantitative estimate of drug-likeness (QED) is 0.0763. The molecule has 0 amide bonds. The maximum atomic E-state index is 14.0. The lowest BCUT2D eigenvalue weighted by molar-refractivity contribution is -0.384. The van der Waals surface area contributed by atoms with Crippen molar-refractivity contribution in [2.75, 3.05) is 5.32 Å². The number of nitrogens with one attached hydrogen (secondary N) is 2. The molecule has 0 radical (unpaired) electrons. The van der Waals surface area contributed by atoms with Crippen LogP contribution in [-0.2, 0) is 31.6 Å². The van der Waals surface area contributed by atoms with Crippen LogP contribution in [0.25, 0.3) is 22.0 Å². The molecule has 0 bridgehead atoms. The third-order valence-corrected chi connectivity index (χ3v) is 9.12. The van der Waals surface area contributed by atoms with E-state index in [4.69, 9.17) is 4.74 Å². The molecule has 1 aromatic heterocycles. The first-order valence-electron chi connectivity index (χ1n) is 13.3. The number of carbonyl (C=O) groups excluding carboxylic acids is 2. The zero-order valence-corrected chi connectivity index (χ0v) is 25.1. The molecule has 5 aromatic rings. The van der Waals surface area contributed by atoms with Crippen LogP contribution in [-0.4, -0.2) is 47.6 Å². The number of anilines is 2. The number of ketones is 1. The summed E-state index contributed by atoms with van der Waals surface area (Å²) in [5.74, 6) is -1.96. The van der Waals surface area contributed by atoms with E-state index in [9.17, 15) is 50.4 Å². The molecule has 0 atom stereocenters. The molecule has 1 aliphatic carbocycles. The largest absolute Gasteiger partial charge is 0.457 e. The number of nitro groups is 1. The highest BCUT2D eigenvalue weighted by molar-refractivity contribution is 7.86. The number of hydrogen-bond donors (Lipinski definition) is 4. The summed E-state index contributed by atoms with van der Waals surface area (Å²) in [6, 6.07) is 16.8. The summed E-state index contributed by atoms with van der Waals surface area (Å²) in [6.07, 6.45) is 0. The highest BCUT2D eigenvalue weighted by atomic mass is 32.2. The van der Waals surface area contributed by atoms with Crippen LogP contribution in [0.4, 0.5) is 17.1 Å². The Bertz CT molecular complexity index is 2490. The summed E-state index contributed by atoms with van der Waals surface area (Å²) >= 11 is 0. The first-order valence-corrected chi connectivity index (χ1v) is 16.2. The molecular formula is C30H19N3O12S2. The lowest BCUT2D eigenvalue weighted by atomic mass is 9.81. The smallest absolute Gasteiger partial charge is 0.344 e. The fourth-order valence-electron chi connectivity index (χ4n) is 5.40. The standard InChI is InChI=1S/C30H19N3O12S2/c34-28-18-9-2-1-8-17(18)23-25-24(28)20(31-19-10-3-4-11-21(19)46(39,40)41)13-22(47(42,43)44)27(25)32-29(35)26(23)30(36)45-14-15-6-5-7-16(12-15)33(37)38/h1-13,31H,14H2,(H,32,35)(H,39,40,41)(H,42,43,44). The van der Waals surface area contributed by atoms with Gasteiger partial charge in [0.25, 0.3) is 31.5 Å². The fraction of sp³-hybridized carbons (Fsp3) is 0.0333. The van der Waals surface area contributed by atoms with Gasteiger partial charge in [-0.2, -0.15) is 16.8 Å². The number of para-hydroxylation sites is 1. The van der Waals surface area contributed by atoms with Crippen LogP contribution in [0, 0.1) is 10.1 Å². The van der Waals surface area contributed by atoms with E-state index in [1.165, 1.54) is 60.7 Å². The van der Waals surface area contributed by atoms with E-state index in [0.717, 1.165) is 18.2 Å². The average molecular weight is 678 g/mol. The van der Waals surface area contributed by atoms with Crippen molar-refractivity contribution in [2.45, 2.75) is 16.4 Å². The molecule has 0 aliphatic heterocycles. The molecule has 1 heterocycles. The molecule has 0 spiro atoms. The Kier molecular flexibility index (Phi) is 7.48. The zero-order chi connectivity index (χ0) is 33.8. The van der Waals surface area contributed by atoms with Crippen molar-refractivity contribution in [3.63, 3.8) is 0 Å². The monoisotopic (exact) mass is 677 g/mol. The lowest BCUT2D eigenvalue weighted by Gasteiger charge is -2.25. The van der Waals surface area contributed by atoms with E-state index >= 15 is 0 Å². The van der Waals surface area contributed by atoms with Gasteiger partial charge in [0.2, 0.25) is 0 Å². The predicted molar refractivity (Wildman–Crippen MR) is 165 cm³/mol. The number of H-pyrrole nitrogens is 1. The van der Waals surface area contributed by atoms with Crippen molar-refractivity contribution in [2.24, 2.45) is 0 Å². The Morgan fingerprint density at radius 3 is 2.17 bits per heavy atom. The summed E-state index contributed by atoms with van der Waals surface area (Å²) in [4.78, 5) is 52.4. The van der Waals surface area contributed by atoms with Crippen molar-refractivity contribution >= 4 is 60.0 Å². The van der Waals surface area contributed by atoms with Gasteiger partial charge in [-0.1, -0.05) is 48.5 Å². The van der Waals surface area contributed by atoms with Crippen molar-refractivity contribution < 1.29 is 45.2 Å². The van der Waals surface area contributed by atoms with Crippen molar-refractivity contribution in [1.82, 2.24) is 4.98 Å². The van der Waals surface area contributed by atoms with Gasteiger partial charge < -0.3 is 15.0 Å². The second-order valence-electron chi connectivity index (χ2n) is 10.2. The Morgan fingerprint density at radius 2 is 1.49 bits per heavy atom. The van der Waals surface area contributed by atoms with E-state index in [1.807, 2.05) is 0 Å². The van der Waals surface area contributed by atoms with Crippen LogP contribution in [0.3, 0.4) is 0 Å². The number of pyridine rings is 1. The summed E-state index contributed by atoms with van der Waals surface area (Å²) in [6.45, 7) is -0.505. The fourth-order valence-corrected chi connectivity index (χ4v) is 6.73. The van der Waals surface area contributed by atoms with Gasteiger partial charge in [-0.3, -0.25) is 28.8 Å². The van der Waals surface area contributed by atoms with E-state index < -0.39 is 69.9 Å². The minimum atomic E-state index is -5.16. The van der Waals surface area contributed by atoms with Crippen LogP contribution >= 0.6 is 0 Å². The van der Waals surface area contributed by atoms with Gasteiger partial charge in [0.05, 0.1) is 27.4 Å². The number of fused-ring (bicyclic) bond motifs is 2. The molecule has 0 saturated carbocycles. The summed E-state index contributed by atoms with van der Waals surface area (Å²) in [7, 11) is -9.99. The topological polar surface area (TPSA) is 240 Å². The van der Waals surface area contributed by atoms with E-state index in [0.29, 0.717) is 0 Å². The molecule has 17 heteroatoms. The van der Waals surface area contributed by atoms with Crippen molar-refractivity contribution in [3.8, 4) is 11.1 Å². The molecule has 0 fully saturated rings. The maximum Gasteiger partial charge on any atom is 0.344 e. The number of esters is 1. The Labute approximate surface area is 264 Å². The number of aromatic nitrogens is 1. The highest BCUT2D eigenvalue weighted by Crippen LogP contribution is 2.45. The van der Waals surface area contributed by atoms with Crippen molar-refractivity contribution in [3.05, 3.63) is 122 Å². The second kappa shape index (κ2) is 11.2. The first kappa shape index (κ1) is 31.2. The van der Waals surface area contributed by atoms with Gasteiger partial charge in [-0.25, -0.2) is 4.79 Å². The van der Waals surface area contributed by atoms with Crippen LogP contribution in [0.1, 0.15) is 31.8 Å². The van der Waals surface area contributed by atoms with Gasteiger partial charge in [0.1, 0.15) is 22.0 Å². The molecule has 6 rings (SSSR count). The van der Waals surface area contributed by atoms with E-state index in [1.54, 1.807) is 0 Å². The summed E-state index contributed by atoms with van der Waals surface area (Å²) < 4.78 is 74.8. The number of carbonyl (C=O) groups is 2. The SMILES string of the molecule is O=C(OCc1cccc([N+](=O)[O-])c1)c1c2c3c(c(Nc4ccccc4S(=O)(=O)O)cc(S(=O)(=O)O)c3[nH]c1=O)C(=O)c1ccccc1-2. The number of rotatable bonds is 8. The van der Waals surface area contributed by atoms with E-state index in [-0.39, 0.29) is 50.3 Å². The Morgan fingerprint density at radius 1 is 0.830 bits per heavy atom. The number of benzene rings is 4. The van der Waals surface area contributed by atoms with Gasteiger partial charge in [-0.05, 0) is 29.3 Å². The molecule has 47 heavy (non-hydrogen) atoms. The third kappa shape index (κ3) is 5.52. The molecule has 4 N–H and O–H groups in total.